The van der Waals surface area contributed by atoms with Crippen molar-refractivity contribution in [1.82, 2.24) is 49.5 Å². The maximum atomic E-state index is 13.3. The molecule has 0 unspecified atom stereocenters. The molecule has 2 aliphatic heterocycles. The number of piperazine rings is 2. The largest absolute Gasteiger partial charge is 0.495 e. The van der Waals surface area contributed by atoms with Gasteiger partial charge in [-0.3, -0.25) is 38.9 Å². The predicted molar refractivity (Wildman–Crippen MR) is 303 cm³/mol. The summed E-state index contributed by atoms with van der Waals surface area (Å²) in [7, 11) is 9.91. The molecule has 0 bridgehead atoms. The number of pyridine rings is 2. The molecule has 6 heterocycles. The zero-order valence-corrected chi connectivity index (χ0v) is 47.3. The van der Waals surface area contributed by atoms with Crippen LogP contribution in [-0.4, -0.2) is 173 Å². The van der Waals surface area contributed by atoms with Crippen LogP contribution in [0.1, 0.15) is 53.6 Å². The Labute approximate surface area is 469 Å². The number of alkyl halides is 1. The minimum Gasteiger partial charge on any atom is -0.495 e. The molecule has 0 spiro atoms. The molecule has 76 heavy (non-hydrogen) atoms. The Kier molecular flexibility index (Phi) is 21.6. The van der Waals surface area contributed by atoms with Crippen LogP contribution in [0, 0.1) is 13.8 Å². The fourth-order valence-corrected chi connectivity index (χ4v) is 9.34. The number of aryl methyl sites for hydroxylation is 1. The van der Waals surface area contributed by atoms with Crippen LogP contribution in [0.25, 0.3) is 22.5 Å². The summed E-state index contributed by atoms with van der Waals surface area (Å²) in [5.41, 5.74) is 6.91. The van der Waals surface area contributed by atoms with E-state index in [1.54, 1.807) is 83.8 Å². The number of carbonyl (C=O) groups excluding carboxylic acids is 4. The molecular formula is C53H65Cl5N12O6. The third-order valence-electron chi connectivity index (χ3n) is 12.6. The molecule has 8 rings (SSSR count). The summed E-state index contributed by atoms with van der Waals surface area (Å²) in [6, 6.07) is 18.4. The number of nitrogens with zero attached hydrogens (tertiary/aromatic N) is 11. The van der Waals surface area contributed by atoms with Crippen LogP contribution in [0.2, 0.25) is 20.1 Å². The zero-order chi connectivity index (χ0) is 54.8. The number of methoxy groups -OCH3 is 2. The number of hydrogen-bond acceptors (Lipinski definition) is 12. The van der Waals surface area contributed by atoms with Crippen molar-refractivity contribution in [1.29, 1.82) is 0 Å². The van der Waals surface area contributed by atoms with Crippen molar-refractivity contribution in [2.24, 2.45) is 0 Å². The molecule has 4 amide bonds. The highest BCUT2D eigenvalue weighted by Gasteiger charge is 2.30. The van der Waals surface area contributed by atoms with Crippen LogP contribution in [0.15, 0.2) is 73.1 Å². The quantitative estimate of drug-likeness (QED) is 0.122. The van der Waals surface area contributed by atoms with E-state index in [0.29, 0.717) is 91.8 Å². The Balaban J connectivity index is 0.000000230. The Morgan fingerprint density at radius 2 is 1.12 bits per heavy atom. The van der Waals surface area contributed by atoms with Gasteiger partial charge in [0, 0.05) is 127 Å². The minimum atomic E-state index is -0.186. The van der Waals surface area contributed by atoms with Gasteiger partial charge in [-0.05, 0) is 76.2 Å². The van der Waals surface area contributed by atoms with E-state index in [0.717, 1.165) is 35.7 Å². The first kappa shape index (κ1) is 60.6. The number of amides is 4. The Hall–Kier alpha value is -6.31. The standard InChI is InChI=1S/C26H30Cl2N6O3.C14H18Cl2N2O2.C12H13ClN4O.CH4/c1-16-14-32(19-7-8-20(27)22(12-19)37-5)10-11-33(16)23(35)15-34-17(2)24(28)25(30-34)18-6-9-21(29-13-18)26(36)31(3)4;1-10-9-17(5-6-18(10)14(19)8-15)11-3-4-12(16)13(7-11)20-2;1-7-10(13)11(16-15-7)8-4-5-9(14-6-8)12(18)17(2)3;/h6-9,12-13,16H,10-11,14-15H2,1-5H3;3-4,7,10H,5-6,8-9H2,1-2H3;4-6H,1-3H3,(H,15,16);1H4/t16-;10-;;/m00../s1. The Bertz CT molecular complexity index is 2970. The minimum absolute atomic E-state index is 0. The van der Waals surface area contributed by atoms with Gasteiger partial charge in [-0.2, -0.15) is 10.2 Å². The van der Waals surface area contributed by atoms with Crippen molar-refractivity contribution in [2.75, 3.05) is 97.4 Å². The molecule has 18 nitrogen and oxygen atoms in total. The number of halogens is 5. The number of H-pyrrole nitrogens is 1. The van der Waals surface area contributed by atoms with E-state index < -0.39 is 0 Å². The molecule has 2 fully saturated rings. The predicted octanol–water partition coefficient (Wildman–Crippen LogP) is 9.40. The lowest BCUT2D eigenvalue weighted by Gasteiger charge is -2.41. The summed E-state index contributed by atoms with van der Waals surface area (Å²) in [4.78, 5) is 68.2. The SMILES string of the molecule is C.COc1cc(N2CCN(C(=O)CCl)[C@@H](C)C2)ccc1Cl.COc1cc(N2CCN(C(=O)Cn3nc(-c4ccc(C(=O)N(C)C)nc4)c(Cl)c3C)[C@@H](C)C2)ccc1Cl.Cc1[nH]nc(-c2ccc(C(=O)N(C)C)nc2)c1Cl. The van der Waals surface area contributed by atoms with Crippen molar-refractivity contribution >= 4 is 93.0 Å². The summed E-state index contributed by atoms with van der Waals surface area (Å²) < 4.78 is 12.2. The smallest absolute Gasteiger partial charge is 0.271 e. The summed E-state index contributed by atoms with van der Waals surface area (Å²) in [6.45, 7) is 12.0. The van der Waals surface area contributed by atoms with Crippen LogP contribution in [0.4, 0.5) is 11.4 Å². The first-order chi connectivity index (χ1) is 35.7. The van der Waals surface area contributed by atoms with Gasteiger partial charge in [-0.1, -0.05) is 53.8 Å². The fourth-order valence-electron chi connectivity index (χ4n) is 8.36. The van der Waals surface area contributed by atoms with Gasteiger partial charge < -0.3 is 38.9 Å². The Morgan fingerprint density at radius 3 is 1.50 bits per heavy atom. The normalized spacial score (nSPS) is 15.1. The van der Waals surface area contributed by atoms with Crippen LogP contribution < -0.4 is 19.3 Å². The van der Waals surface area contributed by atoms with Gasteiger partial charge in [-0.25, -0.2) is 0 Å². The summed E-state index contributed by atoms with van der Waals surface area (Å²) in [5, 5.41) is 13.7. The number of rotatable bonds is 11. The van der Waals surface area contributed by atoms with E-state index in [1.165, 1.54) is 9.80 Å². The van der Waals surface area contributed by atoms with Gasteiger partial charge >= 0.3 is 0 Å². The highest BCUT2D eigenvalue weighted by Crippen LogP contribution is 2.34. The highest BCUT2D eigenvalue weighted by atomic mass is 35.5. The van der Waals surface area contributed by atoms with Gasteiger partial charge in [0.25, 0.3) is 11.8 Å². The topological polar surface area (TPSA) is 178 Å². The second kappa shape index (κ2) is 27.1. The number of aromatic nitrogens is 6. The Morgan fingerprint density at radius 1 is 0.658 bits per heavy atom. The lowest BCUT2D eigenvalue weighted by Crippen LogP contribution is -2.54. The van der Waals surface area contributed by atoms with Gasteiger partial charge in [-0.15, -0.1) is 11.6 Å². The first-order valence-corrected chi connectivity index (χ1v) is 25.8. The number of nitrogens with one attached hydrogen (secondary N) is 1. The third-order valence-corrected chi connectivity index (χ3v) is 14.4. The molecule has 6 aromatic rings. The highest BCUT2D eigenvalue weighted by molar-refractivity contribution is 6.34. The lowest BCUT2D eigenvalue weighted by molar-refractivity contribution is -0.134. The molecule has 23 heteroatoms. The van der Waals surface area contributed by atoms with Crippen molar-refractivity contribution in [3.63, 3.8) is 0 Å². The molecule has 4 aromatic heterocycles. The number of carbonyl (C=O) groups is 4. The van der Waals surface area contributed by atoms with Crippen LogP contribution in [-0.2, 0) is 16.1 Å². The van der Waals surface area contributed by atoms with Gasteiger partial charge in [0.1, 0.15) is 46.7 Å². The first-order valence-electron chi connectivity index (χ1n) is 23.8. The van der Waals surface area contributed by atoms with E-state index in [2.05, 4.69) is 35.1 Å². The number of ether oxygens (including phenoxy) is 2. The number of benzene rings is 2. The average molecular weight is 1140 g/mol. The van der Waals surface area contributed by atoms with E-state index in [9.17, 15) is 19.2 Å². The van der Waals surface area contributed by atoms with Crippen molar-refractivity contribution in [3.8, 4) is 34.0 Å². The molecule has 2 saturated heterocycles. The average Bonchev–Trinajstić information content (AvgIpc) is 3.89. The van der Waals surface area contributed by atoms with E-state index >= 15 is 0 Å². The molecule has 0 radical (unpaired) electrons. The van der Waals surface area contributed by atoms with Crippen molar-refractivity contribution < 1.29 is 28.7 Å². The summed E-state index contributed by atoms with van der Waals surface area (Å²) in [5.74, 6) is 0.976. The van der Waals surface area contributed by atoms with E-state index in [1.807, 2.05) is 73.9 Å². The molecule has 2 aromatic carbocycles. The summed E-state index contributed by atoms with van der Waals surface area (Å²) in [6.07, 6.45) is 3.17. The molecule has 2 aliphatic rings. The molecular weight excluding hydrogens is 1080 g/mol. The maximum Gasteiger partial charge on any atom is 0.271 e. The molecule has 0 saturated carbocycles. The zero-order valence-electron chi connectivity index (χ0n) is 43.5. The van der Waals surface area contributed by atoms with E-state index in [4.69, 9.17) is 67.5 Å². The number of aromatic amines is 1. The third kappa shape index (κ3) is 14.4. The molecule has 408 valence electrons. The van der Waals surface area contributed by atoms with Gasteiger partial charge in [0.2, 0.25) is 11.8 Å². The lowest BCUT2D eigenvalue weighted by atomic mass is 10.1. The van der Waals surface area contributed by atoms with Crippen molar-refractivity contribution in [2.45, 2.75) is 53.8 Å². The second-order valence-electron chi connectivity index (χ2n) is 18.2. The molecule has 1 N–H and O–H groups in total. The molecule has 0 aliphatic carbocycles. The van der Waals surface area contributed by atoms with Gasteiger partial charge in [0.15, 0.2) is 0 Å². The number of hydrogen-bond donors (Lipinski definition) is 1. The molecule has 2 atom stereocenters. The fraction of sp³-hybridized carbons (Fsp3) is 0.396. The monoisotopic (exact) mass is 1140 g/mol. The second-order valence-corrected chi connectivity index (χ2v) is 20.1. The van der Waals surface area contributed by atoms with Crippen LogP contribution in [0.5, 0.6) is 11.5 Å². The maximum absolute atomic E-state index is 13.3. The number of anilines is 2. The van der Waals surface area contributed by atoms with Crippen LogP contribution in [0.3, 0.4) is 0 Å². The van der Waals surface area contributed by atoms with Crippen LogP contribution >= 0.6 is 58.0 Å². The van der Waals surface area contributed by atoms with E-state index in [-0.39, 0.29) is 55.6 Å². The van der Waals surface area contributed by atoms with Gasteiger partial charge in [0.05, 0.1) is 45.7 Å². The summed E-state index contributed by atoms with van der Waals surface area (Å²) >= 11 is 30.5. The van der Waals surface area contributed by atoms with Crippen molar-refractivity contribution in [3.05, 3.63) is 116 Å².